The molecule has 0 aliphatic rings. The number of rotatable bonds is 44. The standard InChI is InChI=1S/C56H91NO8/c1-6-8-10-12-14-16-18-20-22-24-26-27-29-30-32-34-36-38-40-42-44-46-53(58)63-50-52(51-64-56(55(60)61)62-49-48-57(3,4)5)65-54(59)47-45-43-41-39-37-35-33-31-28-25-23-21-19-17-15-13-11-9-7-2/h9,11,15,17-18,20-21,23-24,26,28-31,35,37,41,43,52,56H,6-8,10,12-14,16,19,22,25,27,32-34,36,38-40,42,44-51H2,1-5H3/p+1/b11-9-,17-15-,20-18-,23-21-,26-24-,30-29-,31-28-,37-35-,43-41-. The van der Waals surface area contributed by atoms with Crippen LogP contribution in [-0.4, -0.2) is 87.4 Å². The summed E-state index contributed by atoms with van der Waals surface area (Å²) in [6, 6.07) is 0. The van der Waals surface area contributed by atoms with Gasteiger partial charge in [-0.05, 0) is 89.9 Å². The maximum atomic E-state index is 12.8. The molecule has 0 fully saturated rings. The van der Waals surface area contributed by atoms with Gasteiger partial charge in [-0.2, -0.15) is 0 Å². The fourth-order valence-electron chi connectivity index (χ4n) is 6.16. The first-order chi connectivity index (χ1) is 31.6. The first-order valence-electron chi connectivity index (χ1n) is 25.1. The van der Waals surface area contributed by atoms with Crippen LogP contribution in [0, 0.1) is 0 Å². The van der Waals surface area contributed by atoms with E-state index in [1.165, 1.54) is 38.5 Å². The SMILES string of the molecule is CC/C=C\C/C=C\C/C=C\C/C=C\C/C=C\C/C=C\CCC(=O)OC(COC(=O)CCCCCCCC/C=C\C/C=C\C/C=C\CCCCCCC)COC(OCC[N+](C)(C)C)C(=O)O. The van der Waals surface area contributed by atoms with E-state index in [9.17, 15) is 19.5 Å². The molecule has 0 aliphatic heterocycles. The van der Waals surface area contributed by atoms with E-state index in [-0.39, 0.29) is 38.6 Å². The molecule has 0 amide bonds. The van der Waals surface area contributed by atoms with Crippen LogP contribution in [0.4, 0.5) is 0 Å². The van der Waals surface area contributed by atoms with E-state index in [1.54, 1.807) is 0 Å². The molecule has 2 atom stereocenters. The largest absolute Gasteiger partial charge is 0.477 e. The fourth-order valence-corrected chi connectivity index (χ4v) is 6.16. The van der Waals surface area contributed by atoms with Gasteiger partial charge in [0.1, 0.15) is 13.2 Å². The van der Waals surface area contributed by atoms with Gasteiger partial charge in [-0.25, -0.2) is 4.79 Å². The molecule has 0 aromatic carbocycles. The Labute approximate surface area is 396 Å². The number of nitrogens with zero attached hydrogens (tertiary/aromatic N) is 1. The average molecular weight is 907 g/mol. The van der Waals surface area contributed by atoms with E-state index in [2.05, 4.69) is 111 Å². The van der Waals surface area contributed by atoms with Crippen molar-refractivity contribution in [3.63, 3.8) is 0 Å². The Hall–Kier alpha value is -4.05. The molecule has 0 bridgehead atoms. The number of esters is 2. The van der Waals surface area contributed by atoms with Crippen LogP contribution in [0.25, 0.3) is 0 Å². The molecule has 0 rings (SSSR count). The van der Waals surface area contributed by atoms with E-state index in [0.29, 0.717) is 23.9 Å². The van der Waals surface area contributed by atoms with Gasteiger partial charge in [0, 0.05) is 12.8 Å². The number of aliphatic carboxylic acids is 1. The molecule has 0 saturated heterocycles. The zero-order valence-electron chi connectivity index (χ0n) is 41.6. The van der Waals surface area contributed by atoms with Gasteiger partial charge in [0.05, 0.1) is 34.4 Å². The molecule has 1 N–H and O–H groups in total. The van der Waals surface area contributed by atoms with Crippen molar-refractivity contribution < 1.29 is 42.9 Å². The molecule has 9 heteroatoms. The molecular formula is C56H92NO8+. The molecule has 65 heavy (non-hydrogen) atoms. The van der Waals surface area contributed by atoms with Crippen molar-refractivity contribution in [1.82, 2.24) is 0 Å². The Morgan fingerprint density at radius 3 is 1.37 bits per heavy atom. The highest BCUT2D eigenvalue weighted by molar-refractivity contribution is 5.71. The second-order valence-corrected chi connectivity index (χ2v) is 17.4. The second-order valence-electron chi connectivity index (χ2n) is 17.4. The van der Waals surface area contributed by atoms with Gasteiger partial charge in [0.25, 0.3) is 6.29 Å². The predicted octanol–water partition coefficient (Wildman–Crippen LogP) is 14.0. The van der Waals surface area contributed by atoms with E-state index >= 15 is 0 Å². The number of likely N-dealkylation sites (N-methyl/N-ethyl adjacent to an activating group) is 1. The Balaban J connectivity index is 4.53. The van der Waals surface area contributed by atoms with Crippen LogP contribution < -0.4 is 0 Å². The van der Waals surface area contributed by atoms with Crippen LogP contribution in [0.15, 0.2) is 109 Å². The van der Waals surface area contributed by atoms with E-state index in [1.807, 2.05) is 33.3 Å². The lowest BCUT2D eigenvalue weighted by molar-refractivity contribution is -0.870. The van der Waals surface area contributed by atoms with E-state index in [0.717, 1.165) is 89.9 Å². The van der Waals surface area contributed by atoms with Crippen LogP contribution in [-0.2, 0) is 33.3 Å². The third kappa shape index (κ3) is 47.7. The number of carbonyl (C=O) groups is 3. The molecule has 0 radical (unpaired) electrons. The lowest BCUT2D eigenvalue weighted by atomic mass is 10.1. The Morgan fingerprint density at radius 2 is 0.908 bits per heavy atom. The third-order valence-corrected chi connectivity index (χ3v) is 10.0. The molecule has 0 aromatic rings. The van der Waals surface area contributed by atoms with Crippen LogP contribution >= 0.6 is 0 Å². The quantitative estimate of drug-likeness (QED) is 0.0212. The first-order valence-corrected chi connectivity index (χ1v) is 25.1. The number of quaternary nitrogens is 1. The summed E-state index contributed by atoms with van der Waals surface area (Å²) in [4.78, 5) is 37.2. The van der Waals surface area contributed by atoms with Crippen LogP contribution in [0.5, 0.6) is 0 Å². The highest BCUT2D eigenvalue weighted by Gasteiger charge is 2.25. The maximum absolute atomic E-state index is 12.8. The fraction of sp³-hybridized carbons (Fsp3) is 0.625. The van der Waals surface area contributed by atoms with Gasteiger partial charge in [0.15, 0.2) is 6.10 Å². The minimum absolute atomic E-state index is 0.125. The number of carbonyl (C=O) groups excluding carboxylic acids is 2. The Bertz CT molecular complexity index is 1430. The minimum Gasteiger partial charge on any atom is -0.477 e. The van der Waals surface area contributed by atoms with Crippen molar-refractivity contribution in [3.05, 3.63) is 109 Å². The Kier molecular flexibility index (Phi) is 43.6. The topological polar surface area (TPSA) is 108 Å². The zero-order valence-corrected chi connectivity index (χ0v) is 41.6. The molecule has 0 aliphatic carbocycles. The lowest BCUT2D eigenvalue weighted by Gasteiger charge is -2.25. The molecule has 0 saturated carbocycles. The molecule has 2 unspecified atom stereocenters. The smallest absolute Gasteiger partial charge is 0.361 e. The van der Waals surface area contributed by atoms with Crippen molar-refractivity contribution in [1.29, 1.82) is 0 Å². The summed E-state index contributed by atoms with van der Waals surface area (Å²) in [5, 5.41) is 9.66. The molecule has 9 nitrogen and oxygen atoms in total. The monoisotopic (exact) mass is 907 g/mol. The summed E-state index contributed by atoms with van der Waals surface area (Å²) in [6.07, 6.45) is 60.2. The molecule has 368 valence electrons. The van der Waals surface area contributed by atoms with E-state index in [4.69, 9.17) is 18.9 Å². The number of carboxylic acid groups (broad SMARTS) is 1. The third-order valence-electron chi connectivity index (χ3n) is 10.0. The van der Waals surface area contributed by atoms with Crippen molar-refractivity contribution in [2.45, 2.75) is 180 Å². The highest BCUT2D eigenvalue weighted by Crippen LogP contribution is 2.12. The summed E-state index contributed by atoms with van der Waals surface area (Å²) in [5.41, 5.74) is 0. The normalized spacial score (nSPS) is 13.8. The van der Waals surface area contributed by atoms with Crippen molar-refractivity contribution in [2.75, 3.05) is 47.5 Å². The number of carboxylic acids is 1. The first kappa shape index (κ1) is 60.9. The van der Waals surface area contributed by atoms with Crippen LogP contribution in [0.3, 0.4) is 0 Å². The summed E-state index contributed by atoms with van der Waals surface area (Å²) in [7, 11) is 5.92. The number of hydrogen-bond acceptors (Lipinski definition) is 7. The number of unbranched alkanes of at least 4 members (excludes halogenated alkanes) is 11. The van der Waals surface area contributed by atoms with Gasteiger partial charge >= 0.3 is 17.9 Å². The van der Waals surface area contributed by atoms with Gasteiger partial charge in [0.2, 0.25) is 0 Å². The summed E-state index contributed by atoms with van der Waals surface area (Å²) >= 11 is 0. The number of hydrogen-bond donors (Lipinski definition) is 1. The molecular weight excluding hydrogens is 815 g/mol. The van der Waals surface area contributed by atoms with Crippen LogP contribution in [0.1, 0.15) is 168 Å². The van der Waals surface area contributed by atoms with Gasteiger partial charge < -0.3 is 28.5 Å². The van der Waals surface area contributed by atoms with E-state index < -0.39 is 24.3 Å². The summed E-state index contributed by atoms with van der Waals surface area (Å²) in [5.74, 6) is -2.15. The van der Waals surface area contributed by atoms with Crippen molar-refractivity contribution >= 4 is 17.9 Å². The van der Waals surface area contributed by atoms with Gasteiger partial charge in [-0.1, -0.05) is 175 Å². The second kappa shape index (κ2) is 46.5. The number of allylic oxidation sites excluding steroid dienone is 18. The molecule has 0 aromatic heterocycles. The van der Waals surface area contributed by atoms with Gasteiger partial charge in [-0.15, -0.1) is 0 Å². The van der Waals surface area contributed by atoms with Crippen molar-refractivity contribution in [3.8, 4) is 0 Å². The zero-order chi connectivity index (χ0) is 47.7. The maximum Gasteiger partial charge on any atom is 0.361 e. The average Bonchev–Trinajstić information content (AvgIpc) is 3.27. The lowest BCUT2D eigenvalue weighted by Crippen LogP contribution is -2.40. The van der Waals surface area contributed by atoms with Gasteiger partial charge in [-0.3, -0.25) is 9.59 Å². The van der Waals surface area contributed by atoms with Crippen LogP contribution in [0.2, 0.25) is 0 Å². The molecule has 0 spiro atoms. The van der Waals surface area contributed by atoms with Crippen molar-refractivity contribution in [2.24, 2.45) is 0 Å². The highest BCUT2D eigenvalue weighted by atomic mass is 16.7. The molecule has 0 heterocycles. The Morgan fingerprint density at radius 1 is 0.477 bits per heavy atom. The predicted molar refractivity (Wildman–Crippen MR) is 271 cm³/mol. The summed E-state index contributed by atoms with van der Waals surface area (Å²) in [6.45, 7) is 4.62. The number of ether oxygens (including phenoxy) is 4. The minimum atomic E-state index is -1.54. The summed E-state index contributed by atoms with van der Waals surface area (Å²) < 4.78 is 22.7.